The Morgan fingerprint density at radius 2 is 2.08 bits per heavy atom. The molecule has 0 bridgehead atoms. The highest BCUT2D eigenvalue weighted by molar-refractivity contribution is 7.16. The molecule has 2 rings (SSSR count). The summed E-state index contributed by atoms with van der Waals surface area (Å²) in [6.07, 6.45) is 0.689. The average Bonchev–Trinajstić information content (AvgIpc) is 3.10. The molecule has 2 aromatic rings. The summed E-state index contributed by atoms with van der Waals surface area (Å²) < 4.78 is 10.6. The number of aromatic nitrogens is 1. The Balaban J connectivity index is 1.93. The van der Waals surface area contributed by atoms with Crippen LogP contribution in [-0.4, -0.2) is 42.6 Å². The van der Waals surface area contributed by atoms with E-state index in [9.17, 15) is 14.4 Å². The van der Waals surface area contributed by atoms with Crippen molar-refractivity contribution in [1.82, 2.24) is 10.3 Å². The topological polar surface area (TPSA) is 94.6 Å². The molecule has 0 spiro atoms. The largest absolute Gasteiger partial charge is 0.467 e. The summed E-state index contributed by atoms with van der Waals surface area (Å²) in [6.45, 7) is 3.27. The number of esters is 2. The molecular weight excluding hydrogens is 344 g/mol. The van der Waals surface area contributed by atoms with Crippen molar-refractivity contribution >= 4 is 39.4 Å². The predicted octanol–water partition coefficient (Wildman–Crippen LogP) is 2.16. The third-order valence-electron chi connectivity index (χ3n) is 3.89. The summed E-state index contributed by atoms with van der Waals surface area (Å²) in [4.78, 5) is 40.0. The van der Waals surface area contributed by atoms with Crippen molar-refractivity contribution < 1.29 is 23.9 Å². The van der Waals surface area contributed by atoms with Crippen molar-refractivity contribution in [3.63, 3.8) is 0 Å². The van der Waals surface area contributed by atoms with E-state index in [1.54, 1.807) is 23.7 Å². The fourth-order valence-corrected chi connectivity index (χ4v) is 2.92. The van der Waals surface area contributed by atoms with E-state index >= 15 is 0 Å². The normalized spacial score (nSPS) is 13.1. The molecule has 2 unspecified atom stereocenters. The minimum Gasteiger partial charge on any atom is -0.467 e. The minimum absolute atomic E-state index is 0.0964. The second-order valence-electron chi connectivity index (χ2n) is 5.56. The van der Waals surface area contributed by atoms with Crippen molar-refractivity contribution in [1.29, 1.82) is 0 Å². The van der Waals surface area contributed by atoms with E-state index in [2.05, 4.69) is 10.3 Å². The molecule has 1 aromatic carbocycles. The fourth-order valence-electron chi connectivity index (χ4n) is 2.21. The Labute approximate surface area is 149 Å². The van der Waals surface area contributed by atoms with Crippen molar-refractivity contribution in [2.45, 2.75) is 26.3 Å². The van der Waals surface area contributed by atoms with Crippen LogP contribution < -0.4 is 5.32 Å². The molecular formula is C17H20N2O5S. The van der Waals surface area contributed by atoms with Gasteiger partial charge in [0.05, 0.1) is 28.4 Å². The van der Waals surface area contributed by atoms with Crippen LogP contribution in [0.2, 0.25) is 0 Å². The molecule has 8 heteroatoms. The standard InChI is InChI=1S/C17H20N2O5S/c1-4-10(2)15(17(22)23-3)19-14(20)8-24-16(21)11-5-6-12-13(7-11)25-9-18-12/h5-7,9-10,15H,4,8H2,1-3H3,(H,19,20). The van der Waals surface area contributed by atoms with Gasteiger partial charge in [0.15, 0.2) is 6.61 Å². The molecule has 0 aliphatic heterocycles. The Morgan fingerprint density at radius 3 is 2.76 bits per heavy atom. The molecule has 2 atom stereocenters. The third kappa shape index (κ3) is 4.76. The van der Waals surface area contributed by atoms with Gasteiger partial charge in [0.2, 0.25) is 0 Å². The van der Waals surface area contributed by atoms with Gasteiger partial charge in [0, 0.05) is 0 Å². The van der Waals surface area contributed by atoms with Gasteiger partial charge < -0.3 is 14.8 Å². The van der Waals surface area contributed by atoms with E-state index in [1.165, 1.54) is 18.4 Å². The fraction of sp³-hybridized carbons (Fsp3) is 0.412. The van der Waals surface area contributed by atoms with Crippen LogP contribution in [0.25, 0.3) is 10.2 Å². The number of amides is 1. The number of ether oxygens (including phenoxy) is 2. The van der Waals surface area contributed by atoms with E-state index in [4.69, 9.17) is 9.47 Å². The number of hydrogen-bond donors (Lipinski definition) is 1. The van der Waals surface area contributed by atoms with Crippen molar-refractivity contribution in [2.24, 2.45) is 5.92 Å². The number of benzene rings is 1. The lowest BCUT2D eigenvalue weighted by Crippen LogP contribution is -2.47. The van der Waals surface area contributed by atoms with E-state index in [0.29, 0.717) is 12.0 Å². The maximum Gasteiger partial charge on any atom is 0.338 e. The van der Waals surface area contributed by atoms with Gasteiger partial charge in [-0.05, 0) is 24.1 Å². The number of methoxy groups -OCH3 is 1. The number of rotatable bonds is 7. The van der Waals surface area contributed by atoms with Crippen molar-refractivity contribution in [3.8, 4) is 0 Å². The van der Waals surface area contributed by atoms with Gasteiger partial charge in [-0.3, -0.25) is 4.79 Å². The molecule has 7 nitrogen and oxygen atoms in total. The van der Waals surface area contributed by atoms with Crippen molar-refractivity contribution in [3.05, 3.63) is 29.3 Å². The third-order valence-corrected chi connectivity index (χ3v) is 4.68. The summed E-state index contributed by atoms with van der Waals surface area (Å²) in [5, 5.41) is 2.55. The van der Waals surface area contributed by atoms with Gasteiger partial charge in [-0.25, -0.2) is 14.6 Å². The van der Waals surface area contributed by atoms with E-state index in [1.807, 2.05) is 13.8 Å². The Morgan fingerprint density at radius 1 is 1.32 bits per heavy atom. The molecule has 0 saturated carbocycles. The highest BCUT2D eigenvalue weighted by atomic mass is 32.1. The minimum atomic E-state index is -0.769. The van der Waals surface area contributed by atoms with Crippen molar-refractivity contribution in [2.75, 3.05) is 13.7 Å². The lowest BCUT2D eigenvalue weighted by molar-refractivity contribution is -0.147. The molecule has 0 saturated heterocycles. The summed E-state index contributed by atoms with van der Waals surface area (Å²) in [5.41, 5.74) is 2.83. The van der Waals surface area contributed by atoms with Crippen LogP contribution in [0, 0.1) is 5.92 Å². The van der Waals surface area contributed by atoms with Gasteiger partial charge in [0.25, 0.3) is 5.91 Å². The first kappa shape index (κ1) is 18.9. The zero-order valence-electron chi connectivity index (χ0n) is 14.3. The molecule has 0 aliphatic carbocycles. The highest BCUT2D eigenvalue weighted by Gasteiger charge is 2.27. The summed E-state index contributed by atoms with van der Waals surface area (Å²) >= 11 is 1.41. The first-order valence-corrected chi connectivity index (χ1v) is 8.71. The lowest BCUT2D eigenvalue weighted by atomic mass is 9.99. The van der Waals surface area contributed by atoms with E-state index < -0.39 is 30.5 Å². The number of nitrogens with one attached hydrogen (secondary N) is 1. The van der Waals surface area contributed by atoms with Gasteiger partial charge in [-0.2, -0.15) is 0 Å². The molecule has 0 radical (unpaired) electrons. The molecule has 1 aromatic heterocycles. The SMILES string of the molecule is CCC(C)C(NC(=O)COC(=O)c1ccc2ncsc2c1)C(=O)OC. The number of carbonyl (C=O) groups excluding carboxylic acids is 3. The predicted molar refractivity (Wildman–Crippen MR) is 93.3 cm³/mol. The Kier molecular flexibility index (Phi) is 6.46. The summed E-state index contributed by atoms with van der Waals surface area (Å²) in [5.74, 6) is -1.78. The summed E-state index contributed by atoms with van der Waals surface area (Å²) in [6, 6.07) is 4.22. The van der Waals surface area contributed by atoms with Crippen LogP contribution in [0.5, 0.6) is 0 Å². The van der Waals surface area contributed by atoms with Crippen LogP contribution in [0.15, 0.2) is 23.7 Å². The van der Waals surface area contributed by atoms with E-state index in [-0.39, 0.29) is 5.92 Å². The number of hydrogen-bond acceptors (Lipinski definition) is 7. The molecule has 1 amide bonds. The van der Waals surface area contributed by atoms with Gasteiger partial charge in [-0.15, -0.1) is 11.3 Å². The maximum absolute atomic E-state index is 12.1. The zero-order chi connectivity index (χ0) is 18.4. The smallest absolute Gasteiger partial charge is 0.338 e. The van der Waals surface area contributed by atoms with E-state index in [0.717, 1.165) is 10.2 Å². The van der Waals surface area contributed by atoms with Crippen LogP contribution in [-0.2, 0) is 19.1 Å². The number of fused-ring (bicyclic) bond motifs is 1. The molecule has 134 valence electrons. The van der Waals surface area contributed by atoms with Gasteiger partial charge in [0.1, 0.15) is 6.04 Å². The first-order chi connectivity index (χ1) is 12.0. The Bertz CT molecular complexity index is 773. The van der Waals surface area contributed by atoms with Crippen LogP contribution in [0.4, 0.5) is 0 Å². The van der Waals surface area contributed by atoms with Gasteiger partial charge >= 0.3 is 11.9 Å². The molecule has 1 N–H and O–H groups in total. The van der Waals surface area contributed by atoms with Crippen LogP contribution in [0.1, 0.15) is 30.6 Å². The summed E-state index contributed by atoms with van der Waals surface area (Å²) in [7, 11) is 1.26. The highest BCUT2D eigenvalue weighted by Crippen LogP contribution is 2.19. The quantitative estimate of drug-likeness (QED) is 0.757. The van der Waals surface area contributed by atoms with Crippen LogP contribution in [0.3, 0.4) is 0 Å². The second kappa shape index (κ2) is 8.57. The van der Waals surface area contributed by atoms with Gasteiger partial charge in [-0.1, -0.05) is 20.3 Å². The molecule has 0 fully saturated rings. The Hall–Kier alpha value is -2.48. The van der Waals surface area contributed by atoms with Crippen LogP contribution >= 0.6 is 11.3 Å². The first-order valence-electron chi connectivity index (χ1n) is 7.83. The second-order valence-corrected chi connectivity index (χ2v) is 6.45. The monoisotopic (exact) mass is 364 g/mol. The molecule has 0 aliphatic rings. The lowest BCUT2D eigenvalue weighted by Gasteiger charge is -2.21. The number of carbonyl (C=O) groups is 3. The number of nitrogens with zero attached hydrogens (tertiary/aromatic N) is 1. The average molecular weight is 364 g/mol. The number of thiazole rings is 1. The maximum atomic E-state index is 12.1. The zero-order valence-corrected chi connectivity index (χ0v) is 15.1. The molecule has 25 heavy (non-hydrogen) atoms. The molecule has 1 heterocycles.